The van der Waals surface area contributed by atoms with Crippen molar-refractivity contribution in [3.63, 3.8) is 0 Å². The molecule has 4 rings (SSSR count). The molecule has 0 aliphatic rings. The van der Waals surface area contributed by atoms with Gasteiger partial charge >= 0.3 is 0 Å². The van der Waals surface area contributed by atoms with E-state index in [0.29, 0.717) is 23.9 Å². The second-order valence-corrected chi connectivity index (χ2v) is 8.26. The van der Waals surface area contributed by atoms with Crippen LogP contribution < -0.4 is 14.8 Å². The van der Waals surface area contributed by atoms with E-state index in [1.165, 1.54) is 0 Å². The van der Waals surface area contributed by atoms with Crippen LogP contribution in [0.15, 0.2) is 77.4 Å². The number of ether oxygens (including phenoxy) is 2. The number of methoxy groups -OCH3 is 1. The van der Waals surface area contributed by atoms with Gasteiger partial charge in [-0.15, -0.1) is 0 Å². The van der Waals surface area contributed by atoms with Crippen molar-refractivity contribution in [2.24, 2.45) is 0 Å². The number of allylic oxidation sites excluding steroid dienone is 1. The lowest BCUT2D eigenvalue weighted by Crippen LogP contribution is -2.20. The Morgan fingerprint density at radius 1 is 1.09 bits per heavy atom. The summed E-state index contributed by atoms with van der Waals surface area (Å²) < 4.78 is 17.0. The zero-order valence-corrected chi connectivity index (χ0v) is 20.1. The number of rotatable bonds is 8. The third-order valence-electron chi connectivity index (χ3n) is 5.53. The van der Waals surface area contributed by atoms with Gasteiger partial charge in [-0.2, -0.15) is 0 Å². The molecule has 0 unspecified atom stereocenters. The maximum absolute atomic E-state index is 12.6. The van der Waals surface area contributed by atoms with Crippen molar-refractivity contribution < 1.29 is 18.7 Å². The van der Waals surface area contributed by atoms with Crippen molar-refractivity contribution in [1.29, 1.82) is 0 Å². The van der Waals surface area contributed by atoms with E-state index in [1.807, 2.05) is 62.4 Å². The van der Waals surface area contributed by atoms with Crippen LogP contribution in [0.5, 0.6) is 11.5 Å². The van der Waals surface area contributed by atoms with Crippen LogP contribution >= 0.6 is 11.6 Å². The Balaban J connectivity index is 1.63. The summed E-state index contributed by atoms with van der Waals surface area (Å²) in [5.74, 6) is 1.28. The summed E-state index contributed by atoms with van der Waals surface area (Å²) in [6, 6.07) is 19.1. The van der Waals surface area contributed by atoms with Gasteiger partial charge in [-0.3, -0.25) is 4.79 Å². The van der Waals surface area contributed by atoms with Crippen LogP contribution in [-0.4, -0.2) is 19.6 Å². The Morgan fingerprint density at radius 2 is 1.82 bits per heavy atom. The van der Waals surface area contributed by atoms with Crippen LogP contribution in [-0.2, 0) is 11.3 Å². The van der Waals surface area contributed by atoms with E-state index in [-0.39, 0.29) is 5.91 Å². The molecule has 4 aromatic rings. The first-order valence-corrected chi connectivity index (χ1v) is 11.4. The number of benzene rings is 3. The molecule has 0 aliphatic carbocycles. The highest BCUT2D eigenvalue weighted by molar-refractivity contribution is 6.30. The number of carbonyl (C=O) groups is 1. The topological polar surface area (TPSA) is 60.7 Å². The van der Waals surface area contributed by atoms with E-state index in [0.717, 1.165) is 44.5 Å². The smallest absolute Gasteiger partial charge is 0.244 e. The maximum Gasteiger partial charge on any atom is 0.244 e. The van der Waals surface area contributed by atoms with Crippen molar-refractivity contribution in [2.75, 3.05) is 13.7 Å². The second-order valence-electron chi connectivity index (χ2n) is 7.83. The fourth-order valence-corrected chi connectivity index (χ4v) is 3.88. The summed E-state index contributed by atoms with van der Waals surface area (Å²) in [6.07, 6.45) is 3.33. The van der Waals surface area contributed by atoms with Crippen molar-refractivity contribution in [3.05, 3.63) is 89.2 Å². The molecule has 174 valence electrons. The molecule has 1 amide bonds. The predicted molar refractivity (Wildman–Crippen MR) is 136 cm³/mol. The SMILES string of the molecule is CCOc1cc2occ(-c3ccc(OC)cc3)c2cc1/C(C)=C/C(=O)NCc1ccc(Cl)cc1. The van der Waals surface area contributed by atoms with Gasteiger partial charge in [0.1, 0.15) is 17.1 Å². The minimum atomic E-state index is -0.183. The number of amides is 1. The zero-order chi connectivity index (χ0) is 24.1. The molecule has 0 saturated heterocycles. The number of halogens is 1. The van der Waals surface area contributed by atoms with Gasteiger partial charge in [0, 0.05) is 40.2 Å². The third kappa shape index (κ3) is 5.26. The quantitative estimate of drug-likeness (QED) is 0.282. The van der Waals surface area contributed by atoms with Crippen molar-refractivity contribution in [3.8, 4) is 22.6 Å². The summed E-state index contributed by atoms with van der Waals surface area (Å²) in [4.78, 5) is 12.6. The normalized spacial score (nSPS) is 11.5. The minimum Gasteiger partial charge on any atom is -0.497 e. The molecule has 0 saturated carbocycles. The summed E-state index contributed by atoms with van der Waals surface area (Å²) >= 11 is 5.93. The van der Waals surface area contributed by atoms with Gasteiger partial charge < -0.3 is 19.2 Å². The van der Waals surface area contributed by atoms with Gasteiger partial charge in [-0.25, -0.2) is 0 Å². The molecule has 0 fully saturated rings. The van der Waals surface area contributed by atoms with E-state index in [1.54, 1.807) is 31.6 Å². The first kappa shape index (κ1) is 23.5. The predicted octanol–water partition coefficient (Wildman–Crippen LogP) is 6.88. The van der Waals surface area contributed by atoms with Crippen molar-refractivity contribution in [2.45, 2.75) is 20.4 Å². The lowest BCUT2D eigenvalue weighted by molar-refractivity contribution is -0.116. The molecule has 0 atom stereocenters. The maximum atomic E-state index is 12.6. The number of hydrogen-bond acceptors (Lipinski definition) is 4. The number of nitrogens with one attached hydrogen (secondary N) is 1. The van der Waals surface area contributed by atoms with Crippen LogP contribution in [0.3, 0.4) is 0 Å². The lowest BCUT2D eigenvalue weighted by atomic mass is 9.99. The molecule has 6 heteroatoms. The fourth-order valence-electron chi connectivity index (χ4n) is 3.75. The monoisotopic (exact) mass is 475 g/mol. The van der Waals surface area contributed by atoms with E-state index < -0.39 is 0 Å². The van der Waals surface area contributed by atoms with Gasteiger partial charge in [-0.1, -0.05) is 35.9 Å². The highest BCUT2D eigenvalue weighted by Gasteiger charge is 2.15. The summed E-state index contributed by atoms with van der Waals surface area (Å²) in [5.41, 5.74) is 5.30. The second kappa shape index (κ2) is 10.5. The van der Waals surface area contributed by atoms with Crippen LogP contribution in [0.4, 0.5) is 0 Å². The Kier molecular flexibility index (Phi) is 7.24. The molecule has 0 aliphatic heterocycles. The fraction of sp³-hybridized carbons (Fsp3) is 0.179. The van der Waals surface area contributed by atoms with E-state index in [4.69, 9.17) is 25.5 Å². The minimum absolute atomic E-state index is 0.183. The number of hydrogen-bond donors (Lipinski definition) is 1. The molecule has 1 aromatic heterocycles. The van der Waals surface area contributed by atoms with E-state index in [9.17, 15) is 4.79 Å². The number of carbonyl (C=O) groups excluding carboxylic acids is 1. The van der Waals surface area contributed by atoms with E-state index >= 15 is 0 Å². The summed E-state index contributed by atoms with van der Waals surface area (Å²) in [5, 5.41) is 4.53. The largest absolute Gasteiger partial charge is 0.497 e. The van der Waals surface area contributed by atoms with Gasteiger partial charge in [-0.05, 0) is 60.9 Å². The molecule has 1 N–H and O–H groups in total. The van der Waals surface area contributed by atoms with Gasteiger partial charge in [0.25, 0.3) is 0 Å². The van der Waals surface area contributed by atoms with Gasteiger partial charge in [0.15, 0.2) is 0 Å². The number of fused-ring (bicyclic) bond motifs is 1. The molecule has 0 radical (unpaired) electrons. The van der Waals surface area contributed by atoms with E-state index in [2.05, 4.69) is 5.32 Å². The Bertz CT molecular complexity index is 1320. The lowest BCUT2D eigenvalue weighted by Gasteiger charge is -2.12. The van der Waals surface area contributed by atoms with Gasteiger partial charge in [0.05, 0.1) is 20.0 Å². The standard InChI is InChI=1S/C28H26ClNO4/c1-4-33-26-15-27-24(25(17-34-27)20-7-11-22(32-3)12-8-20)14-23(26)18(2)13-28(31)30-16-19-5-9-21(29)10-6-19/h5-15,17H,4,16H2,1-3H3,(H,30,31)/b18-13+. The number of furan rings is 1. The van der Waals surface area contributed by atoms with Crippen LogP contribution in [0.2, 0.25) is 5.02 Å². The van der Waals surface area contributed by atoms with Crippen molar-refractivity contribution in [1.82, 2.24) is 5.32 Å². The molecule has 34 heavy (non-hydrogen) atoms. The Hall–Kier alpha value is -3.70. The molecule has 0 bridgehead atoms. The average Bonchev–Trinajstić information content (AvgIpc) is 3.26. The molecular weight excluding hydrogens is 450 g/mol. The molecule has 0 spiro atoms. The van der Waals surface area contributed by atoms with Crippen LogP contribution in [0.1, 0.15) is 25.0 Å². The summed E-state index contributed by atoms with van der Waals surface area (Å²) in [6.45, 7) is 4.75. The molecular formula is C28H26ClNO4. The van der Waals surface area contributed by atoms with Crippen LogP contribution in [0, 0.1) is 0 Å². The third-order valence-corrected chi connectivity index (χ3v) is 5.78. The Morgan fingerprint density at radius 3 is 2.50 bits per heavy atom. The molecule has 5 nitrogen and oxygen atoms in total. The van der Waals surface area contributed by atoms with Gasteiger partial charge in [0.2, 0.25) is 5.91 Å². The Labute approximate surface area is 203 Å². The highest BCUT2D eigenvalue weighted by Crippen LogP contribution is 2.37. The first-order chi connectivity index (χ1) is 16.5. The molecule has 1 heterocycles. The zero-order valence-electron chi connectivity index (χ0n) is 19.4. The average molecular weight is 476 g/mol. The van der Waals surface area contributed by atoms with Crippen molar-refractivity contribution >= 4 is 34.1 Å². The highest BCUT2D eigenvalue weighted by atomic mass is 35.5. The summed E-state index contributed by atoms with van der Waals surface area (Å²) in [7, 11) is 1.64. The van der Waals surface area contributed by atoms with Crippen LogP contribution in [0.25, 0.3) is 27.7 Å². The first-order valence-electron chi connectivity index (χ1n) is 11.0. The molecule has 3 aromatic carbocycles.